The number of fused-ring (bicyclic) bond motifs is 1. The molecule has 0 aliphatic carbocycles. The van der Waals surface area contributed by atoms with Crippen molar-refractivity contribution in [3.63, 3.8) is 0 Å². The van der Waals surface area contributed by atoms with Gasteiger partial charge >= 0.3 is 0 Å². The molecular weight excluding hydrogens is 187 g/mol. The van der Waals surface area contributed by atoms with Crippen LogP contribution in [0.1, 0.15) is 5.82 Å². The summed E-state index contributed by atoms with van der Waals surface area (Å²) < 4.78 is 12.8. The molecule has 0 radical (unpaired) electrons. The van der Waals surface area contributed by atoms with Gasteiger partial charge in [0.15, 0.2) is 0 Å². The summed E-state index contributed by atoms with van der Waals surface area (Å²) in [6, 6.07) is 4.39. The fraction of sp³-hybridized carbons (Fsp3) is 0.111. The van der Waals surface area contributed by atoms with Gasteiger partial charge in [0.25, 0.3) is 0 Å². The van der Waals surface area contributed by atoms with Crippen LogP contribution in [0, 0.1) is 12.7 Å². The van der Waals surface area contributed by atoms with Crippen LogP contribution in [0.25, 0.3) is 10.9 Å². The van der Waals surface area contributed by atoms with Crippen molar-refractivity contribution in [3.05, 3.63) is 29.8 Å². The molecule has 0 unspecified atom stereocenters. The van der Waals surface area contributed by atoms with E-state index >= 15 is 0 Å². The highest BCUT2D eigenvalue weighted by Gasteiger charge is 2.02. The molecule has 0 amide bonds. The third kappa shape index (κ3) is 1.49. The zero-order chi connectivity index (χ0) is 9.42. The summed E-state index contributed by atoms with van der Waals surface area (Å²) in [6.07, 6.45) is 0. The van der Waals surface area contributed by atoms with Gasteiger partial charge < -0.3 is 0 Å². The van der Waals surface area contributed by atoms with Crippen molar-refractivity contribution >= 4 is 23.5 Å². The Labute approximate surface area is 80.2 Å². The van der Waals surface area contributed by atoms with Gasteiger partial charge in [-0.25, -0.2) is 14.4 Å². The minimum absolute atomic E-state index is 0.296. The number of benzene rings is 1. The molecule has 0 aliphatic heterocycles. The van der Waals surface area contributed by atoms with Crippen molar-refractivity contribution in [2.45, 2.75) is 11.9 Å². The van der Waals surface area contributed by atoms with Crippen molar-refractivity contribution in [2.24, 2.45) is 0 Å². The van der Waals surface area contributed by atoms with Crippen molar-refractivity contribution in [1.82, 2.24) is 9.97 Å². The predicted molar refractivity (Wildman–Crippen MR) is 51.5 cm³/mol. The van der Waals surface area contributed by atoms with Crippen LogP contribution in [0.4, 0.5) is 4.39 Å². The molecule has 0 saturated carbocycles. The smallest absolute Gasteiger partial charge is 0.127 e. The van der Waals surface area contributed by atoms with Crippen molar-refractivity contribution in [1.29, 1.82) is 0 Å². The van der Waals surface area contributed by atoms with Gasteiger partial charge in [-0.15, -0.1) is 12.6 Å². The number of aromatic nitrogens is 2. The maximum absolute atomic E-state index is 12.8. The average Bonchev–Trinajstić information content (AvgIpc) is 2.06. The molecule has 1 heterocycles. The first-order valence-corrected chi connectivity index (χ1v) is 4.24. The third-order valence-corrected chi connectivity index (χ3v) is 2.09. The fourth-order valence-corrected chi connectivity index (χ4v) is 1.52. The quantitative estimate of drug-likeness (QED) is 0.514. The SMILES string of the molecule is Cc1nc(S)c2cc(F)ccc2n1. The van der Waals surface area contributed by atoms with E-state index in [0.29, 0.717) is 16.2 Å². The van der Waals surface area contributed by atoms with Crippen molar-refractivity contribution in [2.75, 3.05) is 0 Å². The Balaban J connectivity index is 2.87. The van der Waals surface area contributed by atoms with Crippen LogP contribution in [-0.2, 0) is 0 Å². The fourth-order valence-electron chi connectivity index (χ4n) is 1.20. The number of nitrogens with zero attached hydrogens (tertiary/aromatic N) is 2. The summed E-state index contributed by atoms with van der Waals surface area (Å²) in [6.45, 7) is 1.78. The Bertz CT molecular complexity index is 470. The maximum Gasteiger partial charge on any atom is 0.127 e. The van der Waals surface area contributed by atoms with Crippen molar-refractivity contribution in [3.8, 4) is 0 Å². The lowest BCUT2D eigenvalue weighted by molar-refractivity contribution is 0.629. The van der Waals surface area contributed by atoms with E-state index in [-0.39, 0.29) is 5.82 Å². The molecule has 1 aromatic carbocycles. The van der Waals surface area contributed by atoms with Gasteiger partial charge in [0.1, 0.15) is 16.7 Å². The Morgan fingerprint density at radius 3 is 2.85 bits per heavy atom. The average molecular weight is 194 g/mol. The van der Waals surface area contributed by atoms with Crippen LogP contribution in [0.2, 0.25) is 0 Å². The van der Waals surface area contributed by atoms with Gasteiger partial charge in [-0.3, -0.25) is 0 Å². The van der Waals surface area contributed by atoms with Gasteiger partial charge in [0.2, 0.25) is 0 Å². The van der Waals surface area contributed by atoms with Crippen molar-refractivity contribution < 1.29 is 4.39 Å². The van der Waals surface area contributed by atoms with Gasteiger partial charge in [0, 0.05) is 5.39 Å². The van der Waals surface area contributed by atoms with Crippen LogP contribution in [0.15, 0.2) is 23.2 Å². The molecule has 2 aromatic rings. The molecule has 1 aromatic heterocycles. The second-order valence-corrected chi connectivity index (χ2v) is 3.18. The minimum Gasteiger partial charge on any atom is -0.233 e. The Morgan fingerprint density at radius 2 is 2.08 bits per heavy atom. The molecular formula is C9H7FN2S. The molecule has 0 spiro atoms. The first-order chi connectivity index (χ1) is 6.16. The van der Waals surface area contributed by atoms with Crippen LogP contribution in [0.3, 0.4) is 0 Å². The van der Waals surface area contributed by atoms with E-state index in [0.717, 1.165) is 5.52 Å². The first-order valence-electron chi connectivity index (χ1n) is 3.80. The maximum atomic E-state index is 12.8. The third-order valence-electron chi connectivity index (χ3n) is 1.75. The van der Waals surface area contributed by atoms with Gasteiger partial charge in [-0.1, -0.05) is 0 Å². The molecule has 0 saturated heterocycles. The van der Waals surface area contributed by atoms with E-state index in [9.17, 15) is 4.39 Å². The molecule has 4 heteroatoms. The first kappa shape index (κ1) is 8.44. The number of halogens is 1. The summed E-state index contributed by atoms with van der Waals surface area (Å²) in [5.41, 5.74) is 0.721. The minimum atomic E-state index is -0.296. The molecule has 0 N–H and O–H groups in total. The summed E-state index contributed by atoms with van der Waals surface area (Å²) in [7, 11) is 0. The molecule has 2 nitrogen and oxygen atoms in total. The van der Waals surface area contributed by atoms with E-state index in [1.54, 1.807) is 13.0 Å². The molecule has 66 valence electrons. The Hall–Kier alpha value is -1.16. The Morgan fingerprint density at radius 1 is 1.31 bits per heavy atom. The highest BCUT2D eigenvalue weighted by atomic mass is 32.1. The molecule has 0 aliphatic rings. The predicted octanol–water partition coefficient (Wildman–Crippen LogP) is 2.37. The van der Waals surface area contributed by atoms with Gasteiger partial charge in [-0.2, -0.15) is 0 Å². The largest absolute Gasteiger partial charge is 0.233 e. The number of hydrogen-bond acceptors (Lipinski definition) is 3. The molecule has 2 rings (SSSR count). The monoisotopic (exact) mass is 194 g/mol. The molecule has 0 atom stereocenters. The van der Waals surface area contributed by atoms with E-state index in [2.05, 4.69) is 22.6 Å². The Kier molecular flexibility index (Phi) is 1.92. The standard InChI is InChI=1S/C9H7FN2S/c1-5-11-8-3-2-6(10)4-7(8)9(13)12-5/h2-4H,1H3,(H,11,12,13). The van der Waals surface area contributed by atoms with Gasteiger partial charge in [-0.05, 0) is 25.1 Å². The molecule has 0 bridgehead atoms. The zero-order valence-electron chi connectivity index (χ0n) is 6.95. The summed E-state index contributed by atoms with van der Waals surface area (Å²) in [5, 5.41) is 1.16. The highest BCUT2D eigenvalue weighted by molar-refractivity contribution is 7.80. The van der Waals surface area contributed by atoms with Gasteiger partial charge in [0.05, 0.1) is 5.52 Å². The second kappa shape index (κ2) is 2.96. The summed E-state index contributed by atoms with van der Waals surface area (Å²) >= 11 is 4.15. The summed E-state index contributed by atoms with van der Waals surface area (Å²) in [4.78, 5) is 8.18. The number of rotatable bonds is 0. The topological polar surface area (TPSA) is 25.8 Å². The molecule has 0 fully saturated rings. The van der Waals surface area contributed by atoms with E-state index in [1.165, 1.54) is 12.1 Å². The second-order valence-electron chi connectivity index (χ2n) is 2.76. The van der Waals surface area contributed by atoms with Crippen LogP contribution < -0.4 is 0 Å². The van der Waals surface area contributed by atoms with E-state index < -0.39 is 0 Å². The zero-order valence-corrected chi connectivity index (χ0v) is 7.85. The summed E-state index contributed by atoms with van der Waals surface area (Å²) in [5.74, 6) is 0.347. The van der Waals surface area contributed by atoms with E-state index in [1.807, 2.05) is 0 Å². The lowest BCUT2D eigenvalue weighted by Crippen LogP contribution is -1.91. The van der Waals surface area contributed by atoms with Crippen LogP contribution in [0.5, 0.6) is 0 Å². The number of hydrogen-bond donors (Lipinski definition) is 1. The van der Waals surface area contributed by atoms with E-state index in [4.69, 9.17) is 0 Å². The number of thiol groups is 1. The normalized spacial score (nSPS) is 10.7. The molecule has 13 heavy (non-hydrogen) atoms. The van der Waals surface area contributed by atoms with Crippen LogP contribution in [-0.4, -0.2) is 9.97 Å². The lowest BCUT2D eigenvalue weighted by atomic mass is 10.2. The lowest BCUT2D eigenvalue weighted by Gasteiger charge is -2.01. The number of aryl methyl sites for hydroxylation is 1. The highest BCUT2D eigenvalue weighted by Crippen LogP contribution is 2.19. The van der Waals surface area contributed by atoms with Crippen LogP contribution >= 0.6 is 12.6 Å².